The van der Waals surface area contributed by atoms with Crippen molar-refractivity contribution in [3.63, 3.8) is 0 Å². The van der Waals surface area contributed by atoms with Gasteiger partial charge in [-0.15, -0.1) is 0 Å². The van der Waals surface area contributed by atoms with E-state index in [1.165, 1.54) is 0 Å². The maximum atomic E-state index is 5.00. The first-order chi connectivity index (χ1) is 3.35. The minimum absolute atomic E-state index is 0.0417. The monoisotopic (exact) mass is 104 g/mol. The van der Waals surface area contributed by atoms with Crippen LogP contribution in [0, 0.1) is 0 Å². The summed E-state index contributed by atoms with van der Waals surface area (Å²) in [5.74, 6) is 10.0. The van der Waals surface area contributed by atoms with Gasteiger partial charge < -0.3 is 0 Å². The summed E-state index contributed by atoms with van der Waals surface area (Å²) in [4.78, 5) is 0. The lowest BCUT2D eigenvalue weighted by Crippen LogP contribution is -2.48. The molecule has 0 aliphatic rings. The topological polar surface area (TPSA) is 76.1 Å². The number of nitrogens with two attached hydrogens (primary N) is 2. The maximum absolute atomic E-state index is 5.00. The molecule has 4 heteroatoms. The SMILES string of the molecule is CCC(NN)NN. The van der Waals surface area contributed by atoms with Gasteiger partial charge in [0.15, 0.2) is 0 Å². The van der Waals surface area contributed by atoms with Crippen LogP contribution < -0.4 is 22.5 Å². The molecule has 0 aromatic rings. The van der Waals surface area contributed by atoms with Gasteiger partial charge in [-0.25, -0.2) is 10.9 Å². The Morgan fingerprint density at radius 3 is 1.86 bits per heavy atom. The standard InChI is InChI=1S/C3H12N4/c1-2-3(6-4)7-5/h3,6-7H,2,4-5H2,1H3. The van der Waals surface area contributed by atoms with E-state index in [2.05, 4.69) is 10.9 Å². The zero-order chi connectivity index (χ0) is 5.70. The maximum Gasteiger partial charge on any atom is 0.0824 e. The predicted octanol–water partition coefficient (Wildman–Crippen LogP) is -1.35. The summed E-state index contributed by atoms with van der Waals surface area (Å²) >= 11 is 0. The minimum Gasteiger partial charge on any atom is -0.270 e. The van der Waals surface area contributed by atoms with Crippen LogP contribution in [0.1, 0.15) is 13.3 Å². The molecule has 0 aliphatic heterocycles. The van der Waals surface area contributed by atoms with Crippen molar-refractivity contribution in [2.75, 3.05) is 0 Å². The van der Waals surface area contributed by atoms with E-state index in [9.17, 15) is 0 Å². The van der Waals surface area contributed by atoms with E-state index < -0.39 is 0 Å². The molecule has 0 heterocycles. The molecule has 0 fully saturated rings. The van der Waals surface area contributed by atoms with Gasteiger partial charge in [-0.1, -0.05) is 6.92 Å². The summed E-state index contributed by atoms with van der Waals surface area (Å²) in [5.41, 5.74) is 4.93. The Kier molecular flexibility index (Phi) is 3.92. The normalized spacial score (nSPS) is 10.3. The van der Waals surface area contributed by atoms with Crippen LogP contribution in [-0.4, -0.2) is 6.17 Å². The van der Waals surface area contributed by atoms with Gasteiger partial charge in [-0.05, 0) is 6.42 Å². The van der Waals surface area contributed by atoms with Crippen molar-refractivity contribution in [3.8, 4) is 0 Å². The molecule has 0 aliphatic carbocycles. The van der Waals surface area contributed by atoms with Crippen molar-refractivity contribution in [1.82, 2.24) is 10.9 Å². The first kappa shape index (κ1) is 6.84. The third kappa shape index (κ3) is 2.52. The minimum atomic E-state index is 0.0417. The molecule has 0 aromatic heterocycles. The van der Waals surface area contributed by atoms with E-state index in [-0.39, 0.29) is 6.17 Å². The van der Waals surface area contributed by atoms with Gasteiger partial charge in [0.2, 0.25) is 0 Å². The molecule has 0 spiro atoms. The van der Waals surface area contributed by atoms with Crippen LogP contribution in [0.25, 0.3) is 0 Å². The van der Waals surface area contributed by atoms with Gasteiger partial charge in [0.25, 0.3) is 0 Å². The summed E-state index contributed by atoms with van der Waals surface area (Å²) in [6, 6.07) is 0. The van der Waals surface area contributed by atoms with Crippen LogP contribution in [0.15, 0.2) is 0 Å². The molecule has 0 radical (unpaired) electrons. The van der Waals surface area contributed by atoms with Crippen LogP contribution in [0.5, 0.6) is 0 Å². The smallest absolute Gasteiger partial charge is 0.0824 e. The van der Waals surface area contributed by atoms with E-state index >= 15 is 0 Å². The van der Waals surface area contributed by atoms with Gasteiger partial charge in [0.1, 0.15) is 0 Å². The third-order valence-electron chi connectivity index (χ3n) is 0.811. The van der Waals surface area contributed by atoms with Crippen molar-refractivity contribution < 1.29 is 0 Å². The van der Waals surface area contributed by atoms with Crippen molar-refractivity contribution in [2.24, 2.45) is 11.7 Å². The molecular formula is C3H12N4. The van der Waals surface area contributed by atoms with Crippen LogP contribution in [-0.2, 0) is 0 Å². The fraction of sp³-hybridized carbons (Fsp3) is 1.00. The fourth-order valence-electron chi connectivity index (χ4n) is 0.284. The van der Waals surface area contributed by atoms with E-state index in [4.69, 9.17) is 11.7 Å². The quantitative estimate of drug-likeness (QED) is 0.203. The molecule has 0 atom stereocenters. The summed E-state index contributed by atoms with van der Waals surface area (Å²) < 4.78 is 0. The first-order valence-electron chi connectivity index (χ1n) is 2.27. The Hall–Kier alpha value is -0.160. The Morgan fingerprint density at radius 2 is 1.86 bits per heavy atom. The summed E-state index contributed by atoms with van der Waals surface area (Å²) in [7, 11) is 0. The highest BCUT2D eigenvalue weighted by atomic mass is 15.4. The molecule has 0 rings (SSSR count). The van der Waals surface area contributed by atoms with Crippen LogP contribution in [0.2, 0.25) is 0 Å². The lowest BCUT2D eigenvalue weighted by molar-refractivity contribution is 0.431. The number of hydrogen-bond donors (Lipinski definition) is 4. The Balaban J connectivity index is 2.99. The van der Waals surface area contributed by atoms with E-state index in [1.54, 1.807) is 0 Å². The Labute approximate surface area is 43.2 Å². The number of hydrazine groups is 2. The second-order valence-electron chi connectivity index (χ2n) is 1.29. The molecular weight excluding hydrogens is 92.1 g/mol. The summed E-state index contributed by atoms with van der Waals surface area (Å²) in [6.45, 7) is 1.98. The molecule has 7 heavy (non-hydrogen) atoms. The molecule has 0 bridgehead atoms. The van der Waals surface area contributed by atoms with E-state index in [0.717, 1.165) is 6.42 Å². The number of nitrogens with one attached hydrogen (secondary N) is 2. The van der Waals surface area contributed by atoms with Gasteiger partial charge in [0.05, 0.1) is 6.17 Å². The van der Waals surface area contributed by atoms with Gasteiger partial charge in [-0.3, -0.25) is 11.7 Å². The molecule has 0 saturated carbocycles. The summed E-state index contributed by atoms with van der Waals surface area (Å²) in [6.07, 6.45) is 0.924. The van der Waals surface area contributed by atoms with E-state index in [0.29, 0.717) is 0 Å². The van der Waals surface area contributed by atoms with Crippen molar-refractivity contribution in [2.45, 2.75) is 19.5 Å². The molecule has 44 valence electrons. The molecule has 4 nitrogen and oxygen atoms in total. The highest BCUT2D eigenvalue weighted by Gasteiger charge is 1.93. The van der Waals surface area contributed by atoms with Crippen molar-refractivity contribution >= 4 is 0 Å². The van der Waals surface area contributed by atoms with Crippen molar-refractivity contribution in [1.29, 1.82) is 0 Å². The number of hydrogen-bond acceptors (Lipinski definition) is 4. The average Bonchev–Trinajstić information content (AvgIpc) is 1.72. The molecule has 0 saturated heterocycles. The highest BCUT2D eigenvalue weighted by molar-refractivity contribution is 4.49. The fourth-order valence-corrected chi connectivity index (χ4v) is 0.284. The number of rotatable bonds is 3. The van der Waals surface area contributed by atoms with Crippen LogP contribution in [0.3, 0.4) is 0 Å². The summed E-state index contributed by atoms with van der Waals surface area (Å²) in [5, 5.41) is 0. The van der Waals surface area contributed by atoms with Gasteiger partial charge >= 0.3 is 0 Å². The van der Waals surface area contributed by atoms with E-state index in [1.807, 2.05) is 6.92 Å². The third-order valence-corrected chi connectivity index (χ3v) is 0.811. The van der Waals surface area contributed by atoms with Crippen LogP contribution >= 0.6 is 0 Å². The van der Waals surface area contributed by atoms with Gasteiger partial charge in [-0.2, -0.15) is 0 Å². The second kappa shape index (κ2) is 4.01. The predicted molar refractivity (Wildman–Crippen MR) is 28.7 cm³/mol. The largest absolute Gasteiger partial charge is 0.270 e. The zero-order valence-corrected chi connectivity index (χ0v) is 4.44. The molecule has 6 N–H and O–H groups in total. The average molecular weight is 104 g/mol. The Bertz CT molecular complexity index is 28.4. The first-order valence-corrected chi connectivity index (χ1v) is 2.27. The lowest BCUT2D eigenvalue weighted by Gasteiger charge is -2.09. The van der Waals surface area contributed by atoms with Crippen molar-refractivity contribution in [3.05, 3.63) is 0 Å². The molecule has 0 amide bonds. The van der Waals surface area contributed by atoms with Crippen LogP contribution in [0.4, 0.5) is 0 Å². The zero-order valence-electron chi connectivity index (χ0n) is 4.44. The van der Waals surface area contributed by atoms with Gasteiger partial charge in [0, 0.05) is 0 Å². The lowest BCUT2D eigenvalue weighted by atomic mass is 10.4. The second-order valence-corrected chi connectivity index (χ2v) is 1.29. The molecule has 0 unspecified atom stereocenters. The highest BCUT2D eigenvalue weighted by Crippen LogP contribution is 1.76. The Morgan fingerprint density at radius 1 is 1.43 bits per heavy atom. The molecule has 0 aromatic carbocycles.